The summed E-state index contributed by atoms with van der Waals surface area (Å²) >= 11 is 0. The van der Waals surface area contributed by atoms with Crippen LogP contribution in [0.3, 0.4) is 0 Å². The third-order valence-corrected chi connectivity index (χ3v) is 9.44. The van der Waals surface area contributed by atoms with Crippen molar-refractivity contribution in [3.8, 4) is 0 Å². The lowest BCUT2D eigenvalue weighted by atomic mass is 9.92. The SMILES string of the molecule is C/C=C1\C(=O)N[C@H](Cc2[nH]c(Cc3[nH]c(/C=C4\NC(=O)[C@H](C)[C@H]4CC)c(C)c3CCC(=O)O)c(CCC(=O)O)c2C)C1C. The Hall–Kier alpha value is -4.08. The van der Waals surface area contributed by atoms with Gasteiger partial charge in [0.1, 0.15) is 0 Å². The predicted molar refractivity (Wildman–Crippen MR) is 163 cm³/mol. The van der Waals surface area contributed by atoms with E-state index in [1.165, 1.54) is 0 Å². The van der Waals surface area contributed by atoms with Gasteiger partial charge in [0.05, 0.1) is 0 Å². The Morgan fingerprint density at radius 3 is 2.05 bits per heavy atom. The molecular formula is C33H44N4O6. The van der Waals surface area contributed by atoms with E-state index in [0.717, 1.165) is 62.7 Å². The maximum Gasteiger partial charge on any atom is 0.303 e. The molecule has 0 aliphatic carbocycles. The first-order valence-corrected chi connectivity index (χ1v) is 15.2. The number of hydrogen-bond donors (Lipinski definition) is 6. The van der Waals surface area contributed by atoms with Crippen LogP contribution in [0.5, 0.6) is 0 Å². The third kappa shape index (κ3) is 6.63. The number of carbonyl (C=O) groups is 4. The second-order valence-electron chi connectivity index (χ2n) is 12.0. The zero-order valence-electron chi connectivity index (χ0n) is 25.9. The van der Waals surface area contributed by atoms with Crippen LogP contribution in [0.1, 0.15) is 92.0 Å². The highest BCUT2D eigenvalue weighted by Crippen LogP contribution is 2.33. The molecule has 43 heavy (non-hydrogen) atoms. The van der Waals surface area contributed by atoms with E-state index in [4.69, 9.17) is 0 Å². The van der Waals surface area contributed by atoms with E-state index in [9.17, 15) is 29.4 Å². The van der Waals surface area contributed by atoms with Crippen LogP contribution in [0.25, 0.3) is 6.08 Å². The van der Waals surface area contributed by atoms with Crippen molar-refractivity contribution < 1.29 is 29.4 Å². The third-order valence-electron chi connectivity index (χ3n) is 9.44. The summed E-state index contributed by atoms with van der Waals surface area (Å²) in [5.41, 5.74) is 8.90. The molecular weight excluding hydrogens is 548 g/mol. The summed E-state index contributed by atoms with van der Waals surface area (Å²) in [7, 11) is 0. The van der Waals surface area contributed by atoms with Crippen molar-refractivity contribution in [3.05, 3.63) is 62.4 Å². The average Bonchev–Trinajstić information content (AvgIpc) is 3.59. The zero-order valence-corrected chi connectivity index (χ0v) is 25.9. The molecule has 1 unspecified atom stereocenters. The van der Waals surface area contributed by atoms with Crippen molar-refractivity contribution in [2.24, 2.45) is 17.8 Å². The van der Waals surface area contributed by atoms with Gasteiger partial charge in [-0.25, -0.2) is 0 Å². The molecule has 0 saturated carbocycles. The smallest absolute Gasteiger partial charge is 0.303 e. The first-order chi connectivity index (χ1) is 20.4. The number of aromatic nitrogens is 2. The number of aromatic amines is 2. The topological polar surface area (TPSA) is 164 Å². The Bertz CT molecular complexity index is 1490. The minimum Gasteiger partial charge on any atom is -0.481 e. The number of carboxylic acids is 2. The van der Waals surface area contributed by atoms with Crippen LogP contribution in [0.2, 0.25) is 0 Å². The molecule has 10 heteroatoms. The van der Waals surface area contributed by atoms with E-state index in [1.807, 2.05) is 46.8 Å². The summed E-state index contributed by atoms with van der Waals surface area (Å²) in [6.45, 7) is 11.8. The van der Waals surface area contributed by atoms with Crippen molar-refractivity contribution in [1.82, 2.24) is 20.6 Å². The summed E-state index contributed by atoms with van der Waals surface area (Å²) in [5.74, 6) is -1.82. The van der Waals surface area contributed by atoms with Crippen LogP contribution in [-0.2, 0) is 44.9 Å². The molecule has 2 aliphatic rings. The first kappa shape index (κ1) is 31.8. The molecule has 2 aliphatic heterocycles. The molecule has 4 rings (SSSR count). The summed E-state index contributed by atoms with van der Waals surface area (Å²) in [4.78, 5) is 55.0. The lowest BCUT2D eigenvalue weighted by molar-refractivity contribution is -0.138. The highest BCUT2D eigenvalue weighted by atomic mass is 16.4. The number of aliphatic carboxylic acids is 2. The maximum absolute atomic E-state index is 12.4. The van der Waals surface area contributed by atoms with Gasteiger partial charge in [-0.2, -0.15) is 0 Å². The summed E-state index contributed by atoms with van der Waals surface area (Å²) < 4.78 is 0. The number of H-pyrrole nitrogens is 2. The molecule has 232 valence electrons. The summed E-state index contributed by atoms with van der Waals surface area (Å²) in [6, 6.07) is -0.0798. The lowest BCUT2D eigenvalue weighted by Crippen LogP contribution is -2.30. The van der Waals surface area contributed by atoms with Crippen molar-refractivity contribution in [3.63, 3.8) is 0 Å². The number of allylic oxidation sites excluding steroid dienone is 2. The molecule has 0 radical (unpaired) electrons. The Labute approximate surface area is 252 Å². The quantitative estimate of drug-likeness (QED) is 0.201. The number of nitrogens with one attached hydrogen (secondary N) is 4. The average molecular weight is 593 g/mol. The number of rotatable bonds is 12. The standard InChI is InChI=1S/C33H44N4O6/c1-7-20-19(6)32(42)37-27(20)14-25-18(5)23(10-12-31(40)41)29(35-25)15-28-22(9-11-30(38)39)17(4)24(34-28)13-26-16(3)21(8-2)33(43)36-26/h8,14,16,19-20,26,34-35H,7,9-13,15H2,1-6H3,(H,36,43)(H,37,42)(H,38,39)(H,40,41)/b21-8-,27-14-/t16?,19-,20-,26-/m1/s1. The van der Waals surface area contributed by atoms with E-state index in [1.54, 1.807) is 0 Å². The Morgan fingerprint density at radius 2 is 1.49 bits per heavy atom. The largest absolute Gasteiger partial charge is 0.481 e. The zero-order chi connectivity index (χ0) is 31.6. The van der Waals surface area contributed by atoms with Gasteiger partial charge in [0.25, 0.3) is 0 Å². The van der Waals surface area contributed by atoms with Crippen LogP contribution >= 0.6 is 0 Å². The predicted octanol–water partition coefficient (Wildman–Crippen LogP) is 4.34. The lowest BCUT2D eigenvalue weighted by Gasteiger charge is -2.15. The Kier molecular flexibility index (Phi) is 9.67. The van der Waals surface area contributed by atoms with Gasteiger partial charge >= 0.3 is 11.9 Å². The van der Waals surface area contributed by atoms with Gasteiger partial charge in [-0.15, -0.1) is 0 Å². The molecule has 4 heterocycles. The maximum atomic E-state index is 12.4. The molecule has 4 atom stereocenters. The van der Waals surface area contributed by atoms with Gasteiger partial charge in [-0.1, -0.05) is 26.8 Å². The fourth-order valence-electron chi connectivity index (χ4n) is 6.76. The van der Waals surface area contributed by atoms with Crippen LogP contribution in [-0.4, -0.2) is 50.0 Å². The van der Waals surface area contributed by atoms with E-state index in [0.29, 0.717) is 25.7 Å². The van der Waals surface area contributed by atoms with Crippen LogP contribution in [0.4, 0.5) is 0 Å². The summed E-state index contributed by atoms with van der Waals surface area (Å²) in [6.07, 6.45) is 6.29. The number of amides is 2. The van der Waals surface area contributed by atoms with Crippen molar-refractivity contribution >= 4 is 29.8 Å². The summed E-state index contributed by atoms with van der Waals surface area (Å²) in [5, 5.41) is 25.0. The van der Waals surface area contributed by atoms with Gasteiger partial charge in [-0.05, 0) is 68.4 Å². The molecule has 6 N–H and O–H groups in total. The normalized spacial score (nSPS) is 23.8. The van der Waals surface area contributed by atoms with Gasteiger partial charge in [0, 0.05) is 83.5 Å². The highest BCUT2D eigenvalue weighted by Gasteiger charge is 2.35. The molecule has 2 saturated heterocycles. The van der Waals surface area contributed by atoms with Crippen LogP contribution < -0.4 is 10.6 Å². The van der Waals surface area contributed by atoms with Gasteiger partial charge in [0.15, 0.2) is 0 Å². The van der Waals surface area contributed by atoms with E-state index < -0.39 is 11.9 Å². The molecule has 10 nitrogen and oxygen atoms in total. The Balaban J connectivity index is 1.73. The molecule has 0 aromatic carbocycles. The van der Waals surface area contributed by atoms with Crippen LogP contribution in [0.15, 0.2) is 17.3 Å². The Morgan fingerprint density at radius 1 is 0.884 bits per heavy atom. The van der Waals surface area contributed by atoms with Gasteiger partial charge in [0.2, 0.25) is 11.8 Å². The van der Waals surface area contributed by atoms with Gasteiger partial charge < -0.3 is 30.8 Å². The first-order valence-electron chi connectivity index (χ1n) is 15.2. The van der Waals surface area contributed by atoms with E-state index >= 15 is 0 Å². The molecule has 2 aromatic heterocycles. The number of hydrogen-bond acceptors (Lipinski definition) is 4. The van der Waals surface area contributed by atoms with E-state index in [-0.39, 0.29) is 48.5 Å². The van der Waals surface area contributed by atoms with Gasteiger partial charge in [-0.3, -0.25) is 19.2 Å². The number of carboxylic acid groups (broad SMARTS) is 2. The molecule has 0 spiro atoms. The fraction of sp³-hybridized carbons (Fsp3) is 0.515. The fourth-order valence-corrected chi connectivity index (χ4v) is 6.76. The van der Waals surface area contributed by atoms with Crippen LogP contribution in [0, 0.1) is 31.6 Å². The minimum atomic E-state index is -0.886. The number of carbonyl (C=O) groups excluding carboxylic acids is 2. The van der Waals surface area contributed by atoms with Crippen molar-refractivity contribution in [1.29, 1.82) is 0 Å². The highest BCUT2D eigenvalue weighted by molar-refractivity contribution is 5.96. The van der Waals surface area contributed by atoms with E-state index in [2.05, 4.69) is 27.5 Å². The van der Waals surface area contributed by atoms with Crippen molar-refractivity contribution in [2.75, 3.05) is 0 Å². The second-order valence-corrected chi connectivity index (χ2v) is 12.0. The van der Waals surface area contributed by atoms with Crippen molar-refractivity contribution in [2.45, 2.75) is 92.5 Å². The molecule has 0 bridgehead atoms. The minimum absolute atomic E-state index is 0.000384. The molecule has 2 amide bonds. The molecule has 2 fully saturated rings. The second kappa shape index (κ2) is 13.1. The monoisotopic (exact) mass is 592 g/mol. The molecule has 2 aromatic rings.